The lowest BCUT2D eigenvalue weighted by atomic mass is 9.91. The van der Waals surface area contributed by atoms with Crippen LogP contribution in [0.3, 0.4) is 0 Å². The van der Waals surface area contributed by atoms with Gasteiger partial charge >= 0.3 is 0 Å². The third-order valence-electron chi connectivity index (χ3n) is 6.86. The van der Waals surface area contributed by atoms with Crippen molar-refractivity contribution in [2.45, 2.75) is 104 Å². The Bertz CT molecular complexity index is 1140. The number of pyridine rings is 1. The molecule has 3 aromatic rings. The van der Waals surface area contributed by atoms with Gasteiger partial charge in [-0.25, -0.2) is 4.68 Å². The molecule has 1 aromatic carbocycles. The lowest BCUT2D eigenvalue weighted by Crippen LogP contribution is -2.42. The van der Waals surface area contributed by atoms with Gasteiger partial charge in [-0.15, -0.1) is 5.10 Å². The molecule has 1 N–H and O–H groups in total. The van der Waals surface area contributed by atoms with E-state index < -0.39 is 0 Å². The Morgan fingerprint density at radius 2 is 1.94 bits per heavy atom. The van der Waals surface area contributed by atoms with Crippen molar-refractivity contribution in [2.24, 2.45) is 0 Å². The number of benzene rings is 1. The van der Waals surface area contributed by atoms with Crippen LogP contribution < -0.4 is 5.56 Å². The number of rotatable bonds is 7. The van der Waals surface area contributed by atoms with E-state index in [9.17, 15) is 4.79 Å². The van der Waals surface area contributed by atoms with Crippen LogP contribution in [0.25, 0.3) is 10.9 Å². The Balaban J connectivity index is 1.78. The van der Waals surface area contributed by atoms with Crippen molar-refractivity contribution in [3.63, 3.8) is 0 Å². The van der Waals surface area contributed by atoms with E-state index in [1.807, 2.05) is 16.8 Å². The molecule has 0 spiro atoms. The van der Waals surface area contributed by atoms with Crippen LogP contribution in [0, 0.1) is 6.92 Å². The second-order valence-corrected chi connectivity index (χ2v) is 10.6. The van der Waals surface area contributed by atoms with Crippen LogP contribution in [-0.2, 0) is 12.1 Å². The number of fused-ring (bicyclic) bond motifs is 1. The monoisotopic (exact) mass is 450 g/mol. The van der Waals surface area contributed by atoms with E-state index >= 15 is 0 Å². The topological polar surface area (TPSA) is 79.7 Å². The van der Waals surface area contributed by atoms with Gasteiger partial charge in [0, 0.05) is 23.7 Å². The minimum Gasteiger partial charge on any atom is -0.322 e. The lowest BCUT2D eigenvalue weighted by molar-refractivity contribution is 0.0779. The highest BCUT2D eigenvalue weighted by molar-refractivity contribution is 5.79. The van der Waals surface area contributed by atoms with E-state index in [0.29, 0.717) is 12.6 Å². The van der Waals surface area contributed by atoms with E-state index in [-0.39, 0.29) is 17.1 Å². The van der Waals surface area contributed by atoms with E-state index in [1.54, 1.807) is 0 Å². The minimum atomic E-state index is -0.207. The number of hydrogen-bond donors (Lipinski definition) is 1. The number of aromatic amines is 1. The number of tetrazole rings is 1. The Kier molecular flexibility index (Phi) is 6.98. The number of aryl methyl sites for hydroxylation is 1. The summed E-state index contributed by atoms with van der Waals surface area (Å²) in [5.74, 6) is 0.906. The molecule has 1 unspecified atom stereocenters. The van der Waals surface area contributed by atoms with Gasteiger partial charge in [0.2, 0.25) is 0 Å². The van der Waals surface area contributed by atoms with Crippen LogP contribution in [0.1, 0.15) is 95.6 Å². The highest BCUT2D eigenvalue weighted by Crippen LogP contribution is 2.34. The molecule has 0 radical (unpaired) electrons. The van der Waals surface area contributed by atoms with Crippen molar-refractivity contribution in [3.8, 4) is 0 Å². The van der Waals surface area contributed by atoms with Crippen molar-refractivity contribution in [1.29, 1.82) is 0 Å². The summed E-state index contributed by atoms with van der Waals surface area (Å²) in [6.45, 7) is 11.3. The van der Waals surface area contributed by atoms with Crippen LogP contribution >= 0.6 is 0 Å². The zero-order chi connectivity index (χ0) is 23.6. The molecule has 1 aliphatic carbocycles. The highest BCUT2D eigenvalue weighted by atomic mass is 16.1. The van der Waals surface area contributed by atoms with Crippen molar-refractivity contribution >= 4 is 10.9 Å². The van der Waals surface area contributed by atoms with Gasteiger partial charge in [-0.05, 0) is 81.0 Å². The van der Waals surface area contributed by atoms with Crippen molar-refractivity contribution < 1.29 is 0 Å². The van der Waals surface area contributed by atoms with Crippen molar-refractivity contribution in [1.82, 2.24) is 30.1 Å². The first-order valence-electron chi connectivity index (χ1n) is 12.4. The molecule has 0 saturated heterocycles. The molecule has 2 heterocycles. The zero-order valence-corrected chi connectivity index (χ0v) is 20.8. The number of nitrogens with zero attached hydrogens (tertiary/aromatic N) is 5. The molecule has 1 atom stereocenters. The normalized spacial score (nSPS) is 16.5. The molecule has 1 saturated carbocycles. The Morgan fingerprint density at radius 3 is 2.64 bits per heavy atom. The largest absolute Gasteiger partial charge is 0.322 e. The fourth-order valence-electron chi connectivity index (χ4n) is 5.19. The smallest absolute Gasteiger partial charge is 0.252 e. The predicted octanol–water partition coefficient (Wildman–Crippen LogP) is 5.25. The molecule has 0 amide bonds. The van der Waals surface area contributed by atoms with Gasteiger partial charge in [0.15, 0.2) is 5.82 Å². The molecule has 0 aliphatic heterocycles. The van der Waals surface area contributed by atoms with E-state index in [1.165, 1.54) is 24.8 Å². The second-order valence-electron chi connectivity index (χ2n) is 10.6. The molecule has 0 bridgehead atoms. The van der Waals surface area contributed by atoms with E-state index in [4.69, 9.17) is 0 Å². The summed E-state index contributed by atoms with van der Waals surface area (Å²) >= 11 is 0. The maximum atomic E-state index is 13.1. The number of nitrogens with one attached hydrogen (secondary N) is 1. The molecule has 2 aromatic heterocycles. The average molecular weight is 451 g/mol. The molecule has 7 heteroatoms. The first kappa shape index (κ1) is 23.6. The van der Waals surface area contributed by atoms with Gasteiger partial charge < -0.3 is 4.98 Å². The predicted molar refractivity (Wildman–Crippen MR) is 132 cm³/mol. The summed E-state index contributed by atoms with van der Waals surface area (Å²) in [6.07, 6.45) is 8.05. The van der Waals surface area contributed by atoms with Gasteiger partial charge in [0.05, 0.1) is 11.6 Å². The van der Waals surface area contributed by atoms with Gasteiger partial charge in [0.1, 0.15) is 0 Å². The first-order chi connectivity index (χ1) is 15.8. The first-order valence-corrected chi connectivity index (χ1v) is 12.4. The molecule has 4 rings (SSSR count). The lowest BCUT2D eigenvalue weighted by Gasteiger charge is -2.40. The van der Waals surface area contributed by atoms with Crippen LogP contribution in [0.4, 0.5) is 0 Å². The quantitative estimate of drug-likeness (QED) is 0.531. The van der Waals surface area contributed by atoms with Crippen LogP contribution in [0.5, 0.6) is 0 Å². The summed E-state index contributed by atoms with van der Waals surface area (Å²) in [6, 6.07) is 8.74. The SMILES string of the molecule is CCCC(c1nnnn1C(C)(C)C)N(Cc1cc2cc(C)ccc2[nH]c1=O)C1CCCCC1. The summed E-state index contributed by atoms with van der Waals surface area (Å²) < 4.78 is 1.97. The highest BCUT2D eigenvalue weighted by Gasteiger charge is 2.34. The standard InChI is InChI=1S/C26H38N6O/c1-6-10-23(24-28-29-30-32(24)26(3,4)5)31(21-11-8-7-9-12-21)17-20-16-19-15-18(2)13-14-22(19)27-25(20)33/h13-16,21,23H,6-12,17H2,1-5H3,(H,27,33). The molecule has 1 fully saturated rings. The summed E-state index contributed by atoms with van der Waals surface area (Å²) in [5, 5.41) is 14.0. The molecular weight excluding hydrogens is 412 g/mol. The summed E-state index contributed by atoms with van der Waals surface area (Å²) in [5.41, 5.74) is 2.69. The molecule has 178 valence electrons. The summed E-state index contributed by atoms with van der Waals surface area (Å²) in [4.78, 5) is 18.7. The summed E-state index contributed by atoms with van der Waals surface area (Å²) in [7, 11) is 0. The fraction of sp³-hybridized carbons (Fsp3) is 0.615. The van der Waals surface area contributed by atoms with Crippen molar-refractivity contribution in [3.05, 3.63) is 51.6 Å². The molecule has 33 heavy (non-hydrogen) atoms. The van der Waals surface area contributed by atoms with Gasteiger partial charge in [-0.3, -0.25) is 9.69 Å². The number of H-pyrrole nitrogens is 1. The van der Waals surface area contributed by atoms with E-state index in [2.05, 4.69) is 72.2 Å². The third kappa shape index (κ3) is 5.18. The third-order valence-corrected chi connectivity index (χ3v) is 6.86. The Hall–Kier alpha value is -2.54. The Labute approximate surface area is 196 Å². The van der Waals surface area contributed by atoms with Crippen LogP contribution in [-0.4, -0.2) is 36.1 Å². The van der Waals surface area contributed by atoms with Gasteiger partial charge in [-0.1, -0.05) is 44.2 Å². The van der Waals surface area contributed by atoms with E-state index in [0.717, 1.165) is 48.0 Å². The fourth-order valence-corrected chi connectivity index (χ4v) is 5.19. The average Bonchev–Trinajstić information content (AvgIpc) is 3.28. The number of aromatic nitrogens is 5. The molecule has 1 aliphatic rings. The second kappa shape index (κ2) is 9.75. The number of hydrogen-bond acceptors (Lipinski definition) is 5. The maximum absolute atomic E-state index is 13.1. The Morgan fingerprint density at radius 1 is 1.18 bits per heavy atom. The molecule has 7 nitrogen and oxygen atoms in total. The van der Waals surface area contributed by atoms with Crippen LogP contribution in [0.2, 0.25) is 0 Å². The van der Waals surface area contributed by atoms with Gasteiger partial charge in [-0.2, -0.15) is 0 Å². The van der Waals surface area contributed by atoms with Crippen LogP contribution in [0.15, 0.2) is 29.1 Å². The maximum Gasteiger partial charge on any atom is 0.252 e. The zero-order valence-electron chi connectivity index (χ0n) is 20.8. The van der Waals surface area contributed by atoms with Gasteiger partial charge in [0.25, 0.3) is 5.56 Å². The molecular formula is C26H38N6O. The van der Waals surface area contributed by atoms with Crippen molar-refractivity contribution in [2.75, 3.05) is 0 Å². The minimum absolute atomic E-state index is 0.00201.